The Kier molecular flexibility index (Phi) is 7.09. The zero-order valence-electron chi connectivity index (χ0n) is 12.2. The van der Waals surface area contributed by atoms with Crippen LogP contribution in [-0.2, 0) is 11.2 Å². The highest BCUT2D eigenvalue weighted by atomic mass is 35.5. The Labute approximate surface area is 122 Å². The van der Waals surface area contributed by atoms with Crippen molar-refractivity contribution in [1.29, 1.82) is 0 Å². The van der Waals surface area contributed by atoms with E-state index in [4.69, 9.17) is 5.73 Å². The molecule has 0 fully saturated rings. The lowest BCUT2D eigenvalue weighted by Gasteiger charge is -2.28. The summed E-state index contributed by atoms with van der Waals surface area (Å²) in [7, 11) is 1.82. The molecule has 1 aromatic rings. The van der Waals surface area contributed by atoms with Crippen molar-refractivity contribution < 1.29 is 4.79 Å². The third-order valence-electron chi connectivity index (χ3n) is 2.70. The van der Waals surface area contributed by atoms with Crippen molar-refractivity contribution in [2.45, 2.75) is 33.2 Å². The Bertz CT molecular complexity index is 387. The van der Waals surface area contributed by atoms with Crippen LogP contribution in [0.2, 0.25) is 0 Å². The molecular weight excluding hydrogens is 260 g/mol. The van der Waals surface area contributed by atoms with Gasteiger partial charge in [0, 0.05) is 13.6 Å². The summed E-state index contributed by atoms with van der Waals surface area (Å²) in [5.74, 6) is 0.00813. The summed E-state index contributed by atoms with van der Waals surface area (Å²) in [4.78, 5) is 13.9. The molecule has 0 heterocycles. The molecule has 0 saturated carbocycles. The molecule has 0 unspecified atom stereocenters. The molecule has 0 aliphatic carbocycles. The van der Waals surface area contributed by atoms with E-state index in [1.807, 2.05) is 37.4 Å². The van der Waals surface area contributed by atoms with Crippen LogP contribution in [0.15, 0.2) is 30.3 Å². The van der Waals surface area contributed by atoms with Gasteiger partial charge in [0.25, 0.3) is 0 Å². The lowest BCUT2D eigenvalue weighted by molar-refractivity contribution is -0.132. The summed E-state index contributed by atoms with van der Waals surface area (Å²) in [6.45, 7) is 7.05. The number of carbonyl (C=O) groups excluding carboxylic acids is 1. The Morgan fingerprint density at radius 3 is 2.26 bits per heavy atom. The number of halogens is 1. The highest BCUT2D eigenvalue weighted by Gasteiger charge is 2.22. The Hall–Kier alpha value is -1.06. The van der Waals surface area contributed by atoms with Crippen molar-refractivity contribution in [3.8, 4) is 0 Å². The fourth-order valence-electron chi connectivity index (χ4n) is 2.03. The lowest BCUT2D eigenvalue weighted by Crippen LogP contribution is -2.45. The van der Waals surface area contributed by atoms with Crippen molar-refractivity contribution in [2.24, 2.45) is 11.1 Å². The number of hydrogen-bond acceptors (Lipinski definition) is 2. The minimum absolute atomic E-state index is 0. The SMILES string of the molecule is CN(CC(C)(C)C)C(=O)[C@@H](N)Cc1ccccc1.Cl. The molecule has 0 saturated heterocycles. The van der Waals surface area contributed by atoms with Crippen molar-refractivity contribution in [1.82, 2.24) is 4.90 Å². The molecule has 0 aromatic heterocycles. The monoisotopic (exact) mass is 284 g/mol. The van der Waals surface area contributed by atoms with Gasteiger partial charge in [0.15, 0.2) is 0 Å². The first kappa shape index (κ1) is 17.9. The first-order valence-electron chi connectivity index (χ1n) is 6.34. The fraction of sp³-hybridized carbons (Fsp3) is 0.533. The smallest absolute Gasteiger partial charge is 0.239 e. The molecule has 1 atom stereocenters. The van der Waals surface area contributed by atoms with Gasteiger partial charge in [0.05, 0.1) is 6.04 Å². The summed E-state index contributed by atoms with van der Waals surface area (Å²) in [6, 6.07) is 9.42. The Morgan fingerprint density at radius 2 is 1.79 bits per heavy atom. The number of carbonyl (C=O) groups is 1. The number of rotatable bonds is 4. The molecule has 4 heteroatoms. The zero-order chi connectivity index (χ0) is 13.8. The highest BCUT2D eigenvalue weighted by molar-refractivity contribution is 5.85. The molecule has 0 bridgehead atoms. The lowest BCUT2D eigenvalue weighted by atomic mass is 9.95. The van der Waals surface area contributed by atoms with Gasteiger partial charge in [0.1, 0.15) is 0 Å². The highest BCUT2D eigenvalue weighted by Crippen LogP contribution is 2.15. The van der Waals surface area contributed by atoms with Crippen molar-refractivity contribution >= 4 is 18.3 Å². The third-order valence-corrected chi connectivity index (χ3v) is 2.70. The van der Waals surface area contributed by atoms with Crippen molar-refractivity contribution in [3.05, 3.63) is 35.9 Å². The summed E-state index contributed by atoms with van der Waals surface area (Å²) < 4.78 is 0. The van der Waals surface area contributed by atoms with Gasteiger partial charge in [-0.25, -0.2) is 0 Å². The van der Waals surface area contributed by atoms with Crippen LogP contribution in [0.5, 0.6) is 0 Å². The summed E-state index contributed by atoms with van der Waals surface area (Å²) in [5.41, 5.74) is 7.17. The van der Waals surface area contributed by atoms with Gasteiger partial charge < -0.3 is 10.6 Å². The van der Waals surface area contributed by atoms with E-state index in [2.05, 4.69) is 20.8 Å². The third kappa shape index (κ3) is 6.60. The minimum atomic E-state index is -0.459. The van der Waals surface area contributed by atoms with Crippen LogP contribution in [0.3, 0.4) is 0 Å². The van der Waals surface area contributed by atoms with Crippen molar-refractivity contribution in [2.75, 3.05) is 13.6 Å². The standard InChI is InChI=1S/C15H24N2O.ClH/c1-15(2,3)11-17(4)14(18)13(16)10-12-8-6-5-7-9-12;/h5-9,13H,10-11,16H2,1-4H3;1H/t13-;/m0./s1. The molecule has 0 aliphatic heterocycles. The molecule has 2 N–H and O–H groups in total. The predicted molar refractivity (Wildman–Crippen MR) is 82.5 cm³/mol. The number of nitrogens with zero attached hydrogens (tertiary/aromatic N) is 1. The van der Waals surface area contributed by atoms with Gasteiger partial charge in [-0.3, -0.25) is 4.79 Å². The maximum atomic E-state index is 12.1. The average molecular weight is 285 g/mol. The first-order chi connectivity index (χ1) is 8.29. The van der Waals surface area contributed by atoms with E-state index < -0.39 is 6.04 Å². The molecule has 0 aliphatic rings. The summed E-state index contributed by atoms with van der Waals surface area (Å²) in [6.07, 6.45) is 0.591. The van der Waals surface area contributed by atoms with Gasteiger partial charge in [-0.15, -0.1) is 12.4 Å². The number of benzene rings is 1. The van der Waals surface area contributed by atoms with Crippen LogP contribution in [0.1, 0.15) is 26.3 Å². The predicted octanol–water partition coefficient (Wildman–Crippen LogP) is 2.48. The first-order valence-corrected chi connectivity index (χ1v) is 6.34. The minimum Gasteiger partial charge on any atom is -0.344 e. The second-order valence-electron chi connectivity index (χ2n) is 6.05. The molecule has 0 radical (unpaired) electrons. The van der Waals surface area contributed by atoms with Crippen LogP contribution < -0.4 is 5.73 Å². The fourth-order valence-corrected chi connectivity index (χ4v) is 2.03. The van der Waals surface area contributed by atoms with Crippen LogP contribution in [0, 0.1) is 5.41 Å². The van der Waals surface area contributed by atoms with Gasteiger partial charge in [-0.2, -0.15) is 0 Å². The molecular formula is C15H25ClN2O. The maximum Gasteiger partial charge on any atom is 0.239 e. The van der Waals surface area contributed by atoms with E-state index in [0.29, 0.717) is 13.0 Å². The molecule has 108 valence electrons. The van der Waals surface area contributed by atoms with Gasteiger partial charge in [-0.05, 0) is 17.4 Å². The van der Waals surface area contributed by atoms with E-state index >= 15 is 0 Å². The number of nitrogens with two attached hydrogens (primary N) is 1. The van der Waals surface area contributed by atoms with Crippen LogP contribution in [0.25, 0.3) is 0 Å². The van der Waals surface area contributed by atoms with E-state index in [0.717, 1.165) is 5.56 Å². The zero-order valence-corrected chi connectivity index (χ0v) is 13.0. The van der Waals surface area contributed by atoms with E-state index in [1.54, 1.807) is 4.90 Å². The number of amides is 1. The quantitative estimate of drug-likeness (QED) is 0.923. The van der Waals surface area contributed by atoms with Gasteiger partial charge >= 0.3 is 0 Å². The molecule has 3 nitrogen and oxygen atoms in total. The van der Waals surface area contributed by atoms with Crippen molar-refractivity contribution in [3.63, 3.8) is 0 Å². The number of hydrogen-bond donors (Lipinski definition) is 1. The summed E-state index contributed by atoms with van der Waals surface area (Å²) in [5, 5.41) is 0. The van der Waals surface area contributed by atoms with E-state index in [9.17, 15) is 4.79 Å². The summed E-state index contributed by atoms with van der Waals surface area (Å²) >= 11 is 0. The second-order valence-corrected chi connectivity index (χ2v) is 6.05. The normalized spacial score (nSPS) is 12.5. The van der Waals surface area contributed by atoms with E-state index in [-0.39, 0.29) is 23.7 Å². The topological polar surface area (TPSA) is 46.3 Å². The molecule has 0 spiro atoms. The second kappa shape index (κ2) is 7.51. The van der Waals surface area contributed by atoms with E-state index in [1.165, 1.54) is 0 Å². The van der Waals surface area contributed by atoms with Gasteiger partial charge in [-0.1, -0.05) is 51.1 Å². The van der Waals surface area contributed by atoms with Gasteiger partial charge in [0.2, 0.25) is 5.91 Å². The molecule has 1 aromatic carbocycles. The number of likely N-dealkylation sites (N-methyl/N-ethyl adjacent to an activating group) is 1. The van der Waals surface area contributed by atoms with Crippen LogP contribution in [-0.4, -0.2) is 30.4 Å². The molecule has 1 rings (SSSR count). The Balaban J connectivity index is 0.00000324. The molecule has 19 heavy (non-hydrogen) atoms. The molecule has 1 amide bonds. The largest absolute Gasteiger partial charge is 0.344 e. The van der Waals surface area contributed by atoms with Crippen LogP contribution >= 0.6 is 12.4 Å². The Morgan fingerprint density at radius 1 is 1.26 bits per heavy atom. The maximum absolute atomic E-state index is 12.1. The average Bonchev–Trinajstić information content (AvgIpc) is 2.27. The van der Waals surface area contributed by atoms with Crippen LogP contribution in [0.4, 0.5) is 0 Å².